The molecule has 1 fully saturated rings. The third kappa shape index (κ3) is 9.79. The zero-order chi connectivity index (χ0) is 39.3. The number of aryl methyl sites for hydroxylation is 8. The highest BCUT2D eigenvalue weighted by atomic mass is 31.1. The summed E-state index contributed by atoms with van der Waals surface area (Å²) in [5.41, 5.74) is 13.5. The van der Waals surface area contributed by atoms with Gasteiger partial charge in [0.2, 0.25) is 0 Å². The van der Waals surface area contributed by atoms with Gasteiger partial charge >= 0.3 is 0 Å². The van der Waals surface area contributed by atoms with Crippen LogP contribution in [0.15, 0.2) is 121 Å². The fourth-order valence-electron chi connectivity index (χ4n) is 9.03. The van der Waals surface area contributed by atoms with Crippen LogP contribution in [0.2, 0.25) is 0 Å². The molecule has 0 amide bonds. The Balaban J connectivity index is 1.15. The first kappa shape index (κ1) is 40.3. The van der Waals surface area contributed by atoms with Crippen LogP contribution in [0.3, 0.4) is 0 Å². The summed E-state index contributed by atoms with van der Waals surface area (Å²) in [6.07, 6.45) is 4.94. The van der Waals surface area contributed by atoms with Gasteiger partial charge in [-0.05, 0) is 127 Å². The number of benzene rings is 6. The Morgan fingerprint density at radius 3 is 0.946 bits per heavy atom. The zero-order valence-corrected chi connectivity index (χ0v) is 36.6. The Kier molecular flexibility index (Phi) is 13.1. The Morgan fingerprint density at radius 2 is 0.661 bits per heavy atom. The third-order valence-electron chi connectivity index (χ3n) is 11.2. The molecule has 56 heavy (non-hydrogen) atoms. The number of rotatable bonds is 12. The molecular weight excluding hydrogens is 715 g/mol. The highest BCUT2D eigenvalue weighted by molar-refractivity contribution is 7.80. The smallest absolute Gasteiger partial charge is 0.0224 e. The summed E-state index contributed by atoms with van der Waals surface area (Å²) in [5, 5.41) is 16.9. The van der Waals surface area contributed by atoms with Crippen molar-refractivity contribution in [3.63, 3.8) is 0 Å². The Bertz CT molecular complexity index is 1960. The van der Waals surface area contributed by atoms with Gasteiger partial charge in [-0.25, -0.2) is 0 Å². The van der Waals surface area contributed by atoms with Crippen LogP contribution in [0.1, 0.15) is 81.3 Å². The quantitative estimate of drug-likeness (QED) is 0.121. The van der Waals surface area contributed by atoms with Crippen LogP contribution in [-0.2, 0) is 13.1 Å². The predicted octanol–water partition coefficient (Wildman–Crippen LogP) is 9.86. The minimum Gasteiger partial charge on any atom is -0.308 e. The predicted molar refractivity (Wildman–Crippen MR) is 248 cm³/mol. The van der Waals surface area contributed by atoms with E-state index in [9.17, 15) is 0 Å². The third-order valence-corrected chi connectivity index (χ3v) is 16.1. The Labute approximate surface area is 340 Å². The molecule has 2 N–H and O–H groups in total. The van der Waals surface area contributed by atoms with Crippen LogP contribution >= 0.6 is 15.8 Å². The second kappa shape index (κ2) is 18.1. The normalized spacial score (nSPS) is 15.8. The maximum atomic E-state index is 4.13. The molecule has 288 valence electrons. The maximum Gasteiger partial charge on any atom is 0.0224 e. The lowest BCUT2D eigenvalue weighted by molar-refractivity contribution is 0.281. The van der Waals surface area contributed by atoms with E-state index >= 15 is 0 Å². The van der Waals surface area contributed by atoms with Gasteiger partial charge < -0.3 is 10.6 Å². The minimum absolute atomic E-state index is 0.415. The van der Waals surface area contributed by atoms with Gasteiger partial charge in [-0.3, -0.25) is 0 Å². The van der Waals surface area contributed by atoms with Crippen LogP contribution in [0.4, 0.5) is 0 Å². The second-order valence-corrected chi connectivity index (χ2v) is 20.9. The van der Waals surface area contributed by atoms with Crippen LogP contribution in [0.25, 0.3) is 0 Å². The molecule has 0 unspecified atom stereocenters. The van der Waals surface area contributed by atoms with Crippen molar-refractivity contribution in [3.05, 3.63) is 177 Å². The van der Waals surface area contributed by atoms with Gasteiger partial charge in [-0.2, -0.15) is 0 Å². The molecule has 0 heterocycles. The van der Waals surface area contributed by atoms with E-state index in [4.69, 9.17) is 0 Å². The van der Waals surface area contributed by atoms with Gasteiger partial charge in [0.15, 0.2) is 0 Å². The average Bonchev–Trinajstić information content (AvgIpc) is 3.13. The van der Waals surface area contributed by atoms with Gasteiger partial charge in [0.1, 0.15) is 0 Å². The SMILES string of the molecule is Cc1cc(C)cc(P(c2cc(C)cc(C)c2)c2ccccc2CN[C@H]2CCCC[C@@H]2NCc2ccccc2P(c2cc(C)cc(C)c2)c2cc(C)cc(C)c2)c1. The minimum atomic E-state index is -0.720. The molecule has 0 spiro atoms. The Hall–Kier alpha value is -3.90. The summed E-state index contributed by atoms with van der Waals surface area (Å²) in [4.78, 5) is 0. The fraction of sp³-hybridized carbons (Fsp3) is 0.308. The van der Waals surface area contributed by atoms with E-state index in [2.05, 4.69) is 187 Å². The van der Waals surface area contributed by atoms with Crippen molar-refractivity contribution >= 4 is 47.7 Å². The molecule has 0 bridgehead atoms. The number of hydrogen-bond acceptors (Lipinski definition) is 2. The van der Waals surface area contributed by atoms with Gasteiger partial charge in [0.05, 0.1) is 0 Å². The first-order valence-electron chi connectivity index (χ1n) is 20.6. The summed E-state index contributed by atoms with van der Waals surface area (Å²) in [6.45, 7) is 19.6. The molecule has 0 radical (unpaired) electrons. The molecule has 0 aliphatic heterocycles. The topological polar surface area (TPSA) is 24.1 Å². The van der Waals surface area contributed by atoms with Crippen LogP contribution in [0.5, 0.6) is 0 Å². The summed E-state index contributed by atoms with van der Waals surface area (Å²) in [5.74, 6) is 0. The lowest BCUT2D eigenvalue weighted by Gasteiger charge is -2.34. The van der Waals surface area contributed by atoms with E-state index in [1.807, 2.05) is 0 Å². The van der Waals surface area contributed by atoms with Crippen molar-refractivity contribution < 1.29 is 0 Å². The van der Waals surface area contributed by atoms with Crippen molar-refractivity contribution in [1.29, 1.82) is 0 Å². The molecule has 0 saturated heterocycles. The summed E-state index contributed by atoms with van der Waals surface area (Å²) < 4.78 is 0. The molecule has 6 aromatic rings. The van der Waals surface area contributed by atoms with Gasteiger partial charge in [0.25, 0.3) is 0 Å². The van der Waals surface area contributed by atoms with Crippen LogP contribution < -0.4 is 42.5 Å². The zero-order valence-electron chi connectivity index (χ0n) is 34.8. The number of hydrogen-bond donors (Lipinski definition) is 2. The first-order valence-corrected chi connectivity index (χ1v) is 23.2. The summed E-state index contributed by atoms with van der Waals surface area (Å²) in [7, 11) is -1.44. The molecule has 1 saturated carbocycles. The average molecular weight is 775 g/mol. The summed E-state index contributed by atoms with van der Waals surface area (Å²) in [6, 6.07) is 47.9. The van der Waals surface area contributed by atoms with E-state index in [0.717, 1.165) is 13.1 Å². The molecule has 7 rings (SSSR count). The highest BCUT2D eigenvalue weighted by Crippen LogP contribution is 2.37. The van der Waals surface area contributed by atoms with E-state index in [-0.39, 0.29) is 0 Å². The van der Waals surface area contributed by atoms with E-state index in [1.165, 1.54) is 113 Å². The highest BCUT2D eigenvalue weighted by Gasteiger charge is 2.27. The summed E-state index contributed by atoms with van der Waals surface area (Å²) >= 11 is 0. The molecule has 2 nitrogen and oxygen atoms in total. The monoisotopic (exact) mass is 774 g/mol. The van der Waals surface area contributed by atoms with Crippen molar-refractivity contribution in [1.82, 2.24) is 10.6 Å². The lowest BCUT2D eigenvalue weighted by Crippen LogP contribution is -2.49. The van der Waals surface area contributed by atoms with E-state index < -0.39 is 15.8 Å². The van der Waals surface area contributed by atoms with Gasteiger partial charge in [-0.1, -0.05) is 179 Å². The van der Waals surface area contributed by atoms with E-state index in [1.54, 1.807) is 0 Å². The number of nitrogens with one attached hydrogen (secondary N) is 2. The van der Waals surface area contributed by atoms with Crippen LogP contribution in [-0.4, -0.2) is 12.1 Å². The molecule has 1 aliphatic rings. The molecular formula is C52H60N2P2. The van der Waals surface area contributed by atoms with Crippen molar-refractivity contribution in [2.24, 2.45) is 0 Å². The van der Waals surface area contributed by atoms with Crippen molar-refractivity contribution in [2.75, 3.05) is 0 Å². The van der Waals surface area contributed by atoms with Gasteiger partial charge in [0, 0.05) is 25.2 Å². The van der Waals surface area contributed by atoms with Crippen molar-refractivity contribution in [2.45, 2.75) is 106 Å². The standard InChI is InChI=1S/C52H60N2P2/c1-35-21-36(2)26-45(25-35)55(46-27-37(3)22-38(4)28-46)51-19-13-9-15-43(51)33-53-49-17-11-12-18-50(49)54-34-44-16-10-14-20-52(44)56(47-29-39(5)23-40(6)30-47)48-31-41(7)24-42(8)32-48/h9-10,13-16,19-32,49-50,53-54H,11-12,17-18,33-34H2,1-8H3/t49-,50-/m0/s1. The molecule has 6 aromatic carbocycles. The van der Waals surface area contributed by atoms with Crippen LogP contribution in [0, 0.1) is 55.4 Å². The van der Waals surface area contributed by atoms with E-state index in [0.29, 0.717) is 12.1 Å². The largest absolute Gasteiger partial charge is 0.308 e. The fourth-order valence-corrected chi connectivity index (χ4v) is 14.8. The van der Waals surface area contributed by atoms with Gasteiger partial charge in [-0.15, -0.1) is 0 Å². The first-order chi connectivity index (χ1) is 27.0. The molecule has 4 heteroatoms. The maximum absolute atomic E-state index is 4.13. The molecule has 0 aromatic heterocycles. The van der Waals surface area contributed by atoms with Crippen molar-refractivity contribution in [3.8, 4) is 0 Å². The molecule has 2 atom stereocenters. The molecule has 1 aliphatic carbocycles. The second-order valence-electron chi connectivity index (χ2n) is 16.6. The Morgan fingerprint density at radius 1 is 0.393 bits per heavy atom. The lowest BCUT2D eigenvalue weighted by atomic mass is 9.90.